The van der Waals surface area contributed by atoms with Crippen LogP contribution in [-0.4, -0.2) is 19.0 Å². The summed E-state index contributed by atoms with van der Waals surface area (Å²) in [4.78, 5) is 12.1. The van der Waals surface area contributed by atoms with Crippen molar-refractivity contribution in [3.63, 3.8) is 0 Å². The van der Waals surface area contributed by atoms with Crippen molar-refractivity contribution in [2.45, 2.75) is 6.42 Å². The van der Waals surface area contributed by atoms with Gasteiger partial charge in [0.1, 0.15) is 5.75 Å². The first-order valence-electron chi connectivity index (χ1n) is 8.77. The van der Waals surface area contributed by atoms with Crippen molar-refractivity contribution >= 4 is 23.2 Å². The van der Waals surface area contributed by atoms with Gasteiger partial charge in [-0.2, -0.15) is 0 Å². The van der Waals surface area contributed by atoms with E-state index in [9.17, 15) is 4.79 Å². The summed E-state index contributed by atoms with van der Waals surface area (Å²) >= 11 is 5.97. The molecule has 0 heterocycles. The van der Waals surface area contributed by atoms with E-state index >= 15 is 0 Å². The number of para-hydroxylation sites is 3. The van der Waals surface area contributed by atoms with Crippen LogP contribution in [0.15, 0.2) is 78.9 Å². The Morgan fingerprint density at radius 2 is 1.70 bits per heavy atom. The number of nitrogens with one attached hydrogen (secondary N) is 2. The summed E-state index contributed by atoms with van der Waals surface area (Å²) in [5, 5.41) is 6.74. The van der Waals surface area contributed by atoms with Crippen molar-refractivity contribution in [3.05, 3.63) is 89.4 Å². The Morgan fingerprint density at radius 1 is 0.926 bits per heavy atom. The summed E-state index contributed by atoms with van der Waals surface area (Å²) in [6.07, 6.45) is 0.736. The molecule has 0 unspecified atom stereocenters. The second kappa shape index (κ2) is 9.64. The number of hydrogen-bond donors (Lipinski definition) is 2. The predicted octanol–water partition coefficient (Wildman–Crippen LogP) is 4.90. The molecule has 3 aromatic rings. The molecule has 27 heavy (non-hydrogen) atoms. The van der Waals surface area contributed by atoms with Crippen LogP contribution in [0.1, 0.15) is 5.56 Å². The van der Waals surface area contributed by atoms with Gasteiger partial charge in [0.05, 0.1) is 12.2 Å². The van der Waals surface area contributed by atoms with Gasteiger partial charge in [0.2, 0.25) is 5.91 Å². The highest BCUT2D eigenvalue weighted by Crippen LogP contribution is 2.28. The lowest BCUT2D eigenvalue weighted by atomic mass is 10.1. The van der Waals surface area contributed by atoms with E-state index in [2.05, 4.69) is 10.6 Å². The highest BCUT2D eigenvalue weighted by atomic mass is 35.5. The molecule has 0 saturated heterocycles. The molecule has 0 atom stereocenters. The fraction of sp³-hybridized carbons (Fsp3) is 0.136. The third-order valence-corrected chi connectivity index (χ3v) is 4.16. The molecule has 0 fully saturated rings. The quantitative estimate of drug-likeness (QED) is 0.584. The second-order valence-electron chi connectivity index (χ2n) is 5.99. The minimum atomic E-state index is -0.0773. The van der Waals surface area contributed by atoms with Crippen LogP contribution in [0.4, 0.5) is 5.69 Å². The number of carbonyl (C=O) groups is 1. The molecule has 0 aliphatic heterocycles. The minimum Gasteiger partial charge on any atom is -0.455 e. The number of amides is 1. The maximum absolute atomic E-state index is 12.1. The molecular weight excluding hydrogens is 360 g/mol. The Bertz CT molecular complexity index is 884. The lowest BCUT2D eigenvalue weighted by Gasteiger charge is -2.13. The average Bonchev–Trinajstić information content (AvgIpc) is 2.68. The Kier molecular flexibility index (Phi) is 6.72. The molecule has 0 bridgehead atoms. The lowest BCUT2D eigenvalue weighted by Crippen LogP contribution is -2.31. The van der Waals surface area contributed by atoms with E-state index in [1.807, 2.05) is 78.9 Å². The molecule has 0 spiro atoms. The highest BCUT2D eigenvalue weighted by Gasteiger charge is 2.06. The van der Waals surface area contributed by atoms with Crippen molar-refractivity contribution in [2.75, 3.05) is 18.4 Å². The van der Waals surface area contributed by atoms with Crippen molar-refractivity contribution in [1.82, 2.24) is 5.32 Å². The predicted molar refractivity (Wildman–Crippen MR) is 110 cm³/mol. The maximum Gasteiger partial charge on any atom is 0.239 e. The van der Waals surface area contributed by atoms with Gasteiger partial charge >= 0.3 is 0 Å². The molecule has 3 aromatic carbocycles. The Morgan fingerprint density at radius 3 is 2.52 bits per heavy atom. The molecule has 3 rings (SSSR count). The summed E-state index contributed by atoms with van der Waals surface area (Å²) in [5.74, 6) is 1.35. The Balaban J connectivity index is 1.48. The molecule has 0 aliphatic carbocycles. The third kappa shape index (κ3) is 6.04. The number of benzene rings is 3. The maximum atomic E-state index is 12.1. The van der Waals surface area contributed by atoms with Gasteiger partial charge in [-0.25, -0.2) is 0 Å². The zero-order valence-corrected chi connectivity index (χ0v) is 15.6. The van der Waals surface area contributed by atoms with E-state index in [0.29, 0.717) is 17.3 Å². The van der Waals surface area contributed by atoms with Crippen LogP contribution in [0, 0.1) is 0 Å². The van der Waals surface area contributed by atoms with E-state index in [1.54, 1.807) is 0 Å². The average molecular weight is 381 g/mol. The Labute approximate surface area is 164 Å². The van der Waals surface area contributed by atoms with Crippen molar-refractivity contribution < 1.29 is 9.53 Å². The van der Waals surface area contributed by atoms with Gasteiger partial charge in [-0.05, 0) is 48.4 Å². The second-order valence-corrected chi connectivity index (χ2v) is 6.43. The standard InChI is InChI=1S/C22H21ClN2O2/c23-18-8-6-7-17(15-18)13-14-24-22(26)16-25-20-11-4-5-12-21(20)27-19-9-2-1-3-10-19/h1-12,15,25H,13-14,16H2,(H,24,26). The third-order valence-electron chi connectivity index (χ3n) is 3.92. The summed E-state index contributed by atoms with van der Waals surface area (Å²) in [6.45, 7) is 0.730. The van der Waals surface area contributed by atoms with Crippen molar-refractivity contribution in [1.29, 1.82) is 0 Å². The molecule has 138 valence electrons. The van der Waals surface area contributed by atoms with E-state index in [0.717, 1.165) is 23.4 Å². The van der Waals surface area contributed by atoms with Crippen LogP contribution in [0.2, 0.25) is 5.02 Å². The molecule has 0 aliphatic rings. The lowest BCUT2D eigenvalue weighted by molar-refractivity contribution is -0.119. The summed E-state index contributed by atoms with van der Waals surface area (Å²) in [7, 11) is 0. The normalized spacial score (nSPS) is 10.3. The van der Waals surface area contributed by atoms with Crippen molar-refractivity contribution in [3.8, 4) is 11.5 Å². The van der Waals surface area contributed by atoms with E-state index in [1.165, 1.54) is 0 Å². The Hall–Kier alpha value is -2.98. The summed E-state index contributed by atoms with van der Waals surface area (Å²) in [5.41, 5.74) is 1.86. The molecule has 0 aromatic heterocycles. The molecule has 1 amide bonds. The van der Waals surface area contributed by atoms with Gasteiger partial charge in [0.15, 0.2) is 5.75 Å². The molecule has 4 nitrogen and oxygen atoms in total. The summed E-state index contributed by atoms with van der Waals surface area (Å²) < 4.78 is 5.89. The number of anilines is 1. The van der Waals surface area contributed by atoms with Crippen LogP contribution in [0.3, 0.4) is 0 Å². The summed E-state index contributed by atoms with van der Waals surface area (Å²) in [6, 6.07) is 24.7. The minimum absolute atomic E-state index is 0.0773. The topological polar surface area (TPSA) is 50.4 Å². The van der Waals surface area contributed by atoms with Gasteiger partial charge in [-0.3, -0.25) is 4.79 Å². The van der Waals surface area contributed by atoms with Crippen LogP contribution in [0.25, 0.3) is 0 Å². The number of carbonyl (C=O) groups excluding carboxylic acids is 1. The molecule has 0 saturated carbocycles. The highest BCUT2D eigenvalue weighted by molar-refractivity contribution is 6.30. The van der Waals surface area contributed by atoms with Crippen LogP contribution in [-0.2, 0) is 11.2 Å². The number of hydrogen-bond acceptors (Lipinski definition) is 3. The monoisotopic (exact) mass is 380 g/mol. The van der Waals surface area contributed by atoms with Crippen LogP contribution < -0.4 is 15.4 Å². The molecule has 5 heteroatoms. The zero-order chi connectivity index (χ0) is 18.9. The van der Waals surface area contributed by atoms with Gasteiger partial charge in [0, 0.05) is 11.6 Å². The number of ether oxygens (including phenoxy) is 1. The van der Waals surface area contributed by atoms with Crippen LogP contribution >= 0.6 is 11.6 Å². The number of rotatable bonds is 8. The number of halogens is 1. The van der Waals surface area contributed by atoms with Crippen molar-refractivity contribution in [2.24, 2.45) is 0 Å². The fourth-order valence-corrected chi connectivity index (χ4v) is 2.81. The zero-order valence-electron chi connectivity index (χ0n) is 14.8. The molecular formula is C22H21ClN2O2. The van der Waals surface area contributed by atoms with E-state index < -0.39 is 0 Å². The van der Waals surface area contributed by atoms with Gasteiger partial charge in [0.25, 0.3) is 0 Å². The smallest absolute Gasteiger partial charge is 0.239 e. The fourth-order valence-electron chi connectivity index (χ4n) is 2.59. The SMILES string of the molecule is O=C(CNc1ccccc1Oc1ccccc1)NCCc1cccc(Cl)c1. The largest absolute Gasteiger partial charge is 0.455 e. The van der Waals surface area contributed by atoms with E-state index in [4.69, 9.17) is 16.3 Å². The van der Waals surface area contributed by atoms with E-state index in [-0.39, 0.29) is 12.5 Å². The van der Waals surface area contributed by atoms with Gasteiger partial charge in [-0.15, -0.1) is 0 Å². The first-order valence-corrected chi connectivity index (χ1v) is 9.15. The first-order chi connectivity index (χ1) is 13.2. The molecule has 0 radical (unpaired) electrons. The molecule has 2 N–H and O–H groups in total. The first kappa shape index (κ1) is 18.8. The van der Waals surface area contributed by atoms with Gasteiger partial charge < -0.3 is 15.4 Å². The van der Waals surface area contributed by atoms with Gasteiger partial charge in [-0.1, -0.05) is 54.1 Å². The van der Waals surface area contributed by atoms with Crippen LogP contribution in [0.5, 0.6) is 11.5 Å².